The third kappa shape index (κ3) is 4.71. The Kier molecular flexibility index (Phi) is 5.92. The van der Waals surface area contributed by atoms with Gasteiger partial charge in [0.05, 0.1) is 0 Å². The van der Waals surface area contributed by atoms with Crippen molar-refractivity contribution in [3.05, 3.63) is 30.3 Å². The molecule has 0 unspecified atom stereocenters. The molecule has 0 spiro atoms. The van der Waals surface area contributed by atoms with Crippen LogP contribution in [0.3, 0.4) is 0 Å². The molecule has 0 aromatic heterocycles. The molecule has 4 nitrogen and oxygen atoms in total. The van der Waals surface area contributed by atoms with E-state index in [0.717, 1.165) is 38.0 Å². The van der Waals surface area contributed by atoms with Gasteiger partial charge in [-0.05, 0) is 25.0 Å². The van der Waals surface area contributed by atoms with Gasteiger partial charge in [-0.15, -0.1) is 0 Å². The molecule has 1 amide bonds. The third-order valence-corrected chi connectivity index (χ3v) is 5.11. The van der Waals surface area contributed by atoms with E-state index in [1.54, 1.807) is 0 Å². The van der Waals surface area contributed by atoms with Gasteiger partial charge in [-0.3, -0.25) is 9.69 Å². The zero-order chi connectivity index (χ0) is 15.9. The summed E-state index contributed by atoms with van der Waals surface area (Å²) in [5.74, 6) is 0.868. The summed E-state index contributed by atoms with van der Waals surface area (Å²) in [7, 11) is 0. The van der Waals surface area contributed by atoms with Gasteiger partial charge in [-0.25, -0.2) is 0 Å². The summed E-state index contributed by atoms with van der Waals surface area (Å²) in [6, 6.07) is 10.3. The summed E-state index contributed by atoms with van der Waals surface area (Å²) in [6.07, 6.45) is 8.21. The summed E-state index contributed by atoms with van der Waals surface area (Å²) < 4.78 is 5.58. The number of hydrogen-bond acceptors (Lipinski definition) is 3. The van der Waals surface area contributed by atoms with E-state index in [1.807, 2.05) is 35.2 Å². The Labute approximate surface area is 139 Å². The number of para-hydroxylation sites is 1. The quantitative estimate of drug-likeness (QED) is 0.801. The van der Waals surface area contributed by atoms with Crippen molar-refractivity contribution < 1.29 is 9.53 Å². The lowest BCUT2D eigenvalue weighted by Crippen LogP contribution is -2.52. The second-order valence-corrected chi connectivity index (χ2v) is 6.66. The topological polar surface area (TPSA) is 32.8 Å². The zero-order valence-corrected chi connectivity index (χ0v) is 14.0. The zero-order valence-electron chi connectivity index (χ0n) is 14.0. The highest BCUT2D eigenvalue weighted by Crippen LogP contribution is 2.23. The molecule has 1 aliphatic heterocycles. The molecule has 1 saturated carbocycles. The van der Waals surface area contributed by atoms with E-state index in [2.05, 4.69) is 4.90 Å². The number of ether oxygens (including phenoxy) is 1. The minimum atomic E-state index is 0.106. The van der Waals surface area contributed by atoms with Crippen molar-refractivity contribution in [1.29, 1.82) is 0 Å². The predicted octanol–water partition coefficient (Wildman–Crippen LogP) is 2.93. The Bertz CT molecular complexity index is 475. The van der Waals surface area contributed by atoms with Gasteiger partial charge >= 0.3 is 0 Å². The first-order chi connectivity index (χ1) is 11.3. The van der Waals surface area contributed by atoms with Crippen LogP contribution in [0.1, 0.15) is 38.5 Å². The van der Waals surface area contributed by atoms with Crippen molar-refractivity contribution in [3.63, 3.8) is 0 Å². The molecule has 126 valence electrons. The van der Waals surface area contributed by atoms with E-state index in [1.165, 1.54) is 38.5 Å². The molecule has 2 fully saturated rings. The standard InChI is InChI=1S/C19H28N2O2/c22-19(16-23-18-10-6-3-7-11-18)21-14-12-20(13-15-21)17-8-4-1-2-5-9-17/h3,6-7,10-11,17H,1-2,4-5,8-9,12-16H2. The van der Waals surface area contributed by atoms with Gasteiger partial charge in [0.15, 0.2) is 6.61 Å². The molecular weight excluding hydrogens is 288 g/mol. The summed E-state index contributed by atoms with van der Waals surface area (Å²) in [5.41, 5.74) is 0. The molecular formula is C19H28N2O2. The summed E-state index contributed by atoms with van der Waals surface area (Å²) in [5, 5.41) is 0. The summed E-state index contributed by atoms with van der Waals surface area (Å²) >= 11 is 0. The Hall–Kier alpha value is -1.55. The Morgan fingerprint density at radius 3 is 2.26 bits per heavy atom. The second-order valence-electron chi connectivity index (χ2n) is 6.66. The highest BCUT2D eigenvalue weighted by atomic mass is 16.5. The van der Waals surface area contributed by atoms with Gasteiger partial charge in [-0.1, -0.05) is 43.9 Å². The molecule has 1 heterocycles. The van der Waals surface area contributed by atoms with Crippen LogP contribution in [0.5, 0.6) is 5.75 Å². The number of piperazine rings is 1. The van der Waals surface area contributed by atoms with Gasteiger partial charge < -0.3 is 9.64 Å². The maximum atomic E-state index is 12.3. The molecule has 1 aliphatic carbocycles. The van der Waals surface area contributed by atoms with Crippen LogP contribution in [0, 0.1) is 0 Å². The number of carbonyl (C=O) groups excluding carboxylic acids is 1. The van der Waals surface area contributed by atoms with Crippen LogP contribution in [-0.4, -0.2) is 54.5 Å². The van der Waals surface area contributed by atoms with E-state index in [9.17, 15) is 4.79 Å². The number of benzene rings is 1. The molecule has 1 aromatic rings. The van der Waals surface area contributed by atoms with E-state index < -0.39 is 0 Å². The number of rotatable bonds is 4. The second kappa shape index (κ2) is 8.34. The molecule has 0 atom stereocenters. The summed E-state index contributed by atoms with van der Waals surface area (Å²) in [4.78, 5) is 16.9. The minimum Gasteiger partial charge on any atom is -0.484 e. The number of nitrogens with zero attached hydrogens (tertiary/aromatic N) is 2. The van der Waals surface area contributed by atoms with Crippen LogP contribution < -0.4 is 4.74 Å². The fourth-order valence-electron chi connectivity index (χ4n) is 3.71. The fourth-order valence-corrected chi connectivity index (χ4v) is 3.71. The average molecular weight is 316 g/mol. The normalized spacial score (nSPS) is 21.0. The smallest absolute Gasteiger partial charge is 0.260 e. The largest absolute Gasteiger partial charge is 0.484 e. The van der Waals surface area contributed by atoms with Crippen molar-refractivity contribution in [2.75, 3.05) is 32.8 Å². The lowest BCUT2D eigenvalue weighted by Gasteiger charge is -2.39. The molecule has 0 bridgehead atoms. The van der Waals surface area contributed by atoms with Gasteiger partial charge in [0.1, 0.15) is 5.75 Å². The van der Waals surface area contributed by atoms with Gasteiger partial charge in [-0.2, -0.15) is 0 Å². The number of hydrogen-bond donors (Lipinski definition) is 0. The predicted molar refractivity (Wildman–Crippen MR) is 91.6 cm³/mol. The van der Waals surface area contributed by atoms with Crippen LogP contribution in [-0.2, 0) is 4.79 Å². The van der Waals surface area contributed by atoms with E-state index in [0.29, 0.717) is 0 Å². The molecule has 0 N–H and O–H groups in total. The van der Waals surface area contributed by atoms with Gasteiger partial charge in [0.25, 0.3) is 5.91 Å². The minimum absolute atomic E-state index is 0.106. The van der Waals surface area contributed by atoms with E-state index in [4.69, 9.17) is 4.74 Å². The van der Waals surface area contributed by atoms with Gasteiger partial charge in [0.2, 0.25) is 0 Å². The first-order valence-corrected chi connectivity index (χ1v) is 9.02. The Morgan fingerprint density at radius 2 is 1.61 bits per heavy atom. The van der Waals surface area contributed by atoms with Crippen molar-refractivity contribution in [1.82, 2.24) is 9.80 Å². The first kappa shape index (κ1) is 16.3. The average Bonchev–Trinajstić information content (AvgIpc) is 2.90. The fraction of sp³-hybridized carbons (Fsp3) is 0.632. The third-order valence-electron chi connectivity index (χ3n) is 5.11. The van der Waals surface area contributed by atoms with E-state index in [-0.39, 0.29) is 12.5 Å². The maximum absolute atomic E-state index is 12.3. The van der Waals surface area contributed by atoms with Crippen molar-refractivity contribution in [3.8, 4) is 5.75 Å². The molecule has 23 heavy (non-hydrogen) atoms. The van der Waals surface area contributed by atoms with Crippen molar-refractivity contribution >= 4 is 5.91 Å². The van der Waals surface area contributed by atoms with Crippen LogP contribution in [0.25, 0.3) is 0 Å². The highest BCUT2D eigenvalue weighted by Gasteiger charge is 2.26. The highest BCUT2D eigenvalue weighted by molar-refractivity contribution is 5.77. The SMILES string of the molecule is O=C(COc1ccccc1)N1CCN(C2CCCCCC2)CC1. The lowest BCUT2D eigenvalue weighted by molar-refractivity contribution is -0.135. The maximum Gasteiger partial charge on any atom is 0.260 e. The molecule has 1 aromatic carbocycles. The van der Waals surface area contributed by atoms with Crippen LogP contribution >= 0.6 is 0 Å². The molecule has 1 saturated heterocycles. The first-order valence-electron chi connectivity index (χ1n) is 9.02. The Morgan fingerprint density at radius 1 is 0.957 bits per heavy atom. The number of carbonyl (C=O) groups is 1. The summed E-state index contributed by atoms with van der Waals surface area (Å²) in [6.45, 7) is 3.86. The lowest BCUT2D eigenvalue weighted by atomic mass is 10.1. The van der Waals surface area contributed by atoms with Gasteiger partial charge in [0, 0.05) is 32.2 Å². The van der Waals surface area contributed by atoms with E-state index >= 15 is 0 Å². The van der Waals surface area contributed by atoms with Crippen LogP contribution in [0.4, 0.5) is 0 Å². The molecule has 2 aliphatic rings. The molecule has 3 rings (SSSR count). The van der Waals surface area contributed by atoms with Crippen LogP contribution in [0.2, 0.25) is 0 Å². The number of amides is 1. The Balaban J connectivity index is 1.42. The molecule has 4 heteroatoms. The molecule has 0 radical (unpaired) electrons. The monoisotopic (exact) mass is 316 g/mol. The van der Waals surface area contributed by atoms with Crippen LogP contribution in [0.15, 0.2) is 30.3 Å². The van der Waals surface area contributed by atoms with Crippen molar-refractivity contribution in [2.45, 2.75) is 44.6 Å². The van der Waals surface area contributed by atoms with Crippen molar-refractivity contribution in [2.24, 2.45) is 0 Å².